The molecular formula is C21H31N3O10. The molecule has 0 saturated carbocycles. The molecule has 190 valence electrons. The first-order valence-corrected chi connectivity index (χ1v) is 11.2. The minimum atomic E-state index is -0.816. The molecule has 2 aliphatic rings. The van der Waals surface area contributed by atoms with E-state index >= 15 is 0 Å². The second kappa shape index (κ2) is 13.7. The fourth-order valence-electron chi connectivity index (χ4n) is 3.68. The molecule has 2 saturated heterocycles. The van der Waals surface area contributed by atoms with Crippen LogP contribution in [0.3, 0.4) is 0 Å². The van der Waals surface area contributed by atoms with Crippen LogP contribution in [0.15, 0.2) is 0 Å². The van der Waals surface area contributed by atoms with E-state index in [9.17, 15) is 28.8 Å². The molecule has 13 heteroatoms. The average Bonchev–Trinajstić information content (AvgIpc) is 2.74. The average molecular weight is 485 g/mol. The molecule has 0 radical (unpaired) electrons. The third-order valence-electron chi connectivity index (χ3n) is 5.20. The summed E-state index contributed by atoms with van der Waals surface area (Å²) in [4.78, 5) is 76.0. The molecule has 0 unspecified atom stereocenters. The second-order valence-corrected chi connectivity index (χ2v) is 7.76. The van der Waals surface area contributed by atoms with Gasteiger partial charge in [-0.05, 0) is 20.3 Å². The summed E-state index contributed by atoms with van der Waals surface area (Å²) in [5, 5.41) is 0. The van der Waals surface area contributed by atoms with E-state index in [1.54, 1.807) is 28.5 Å². The van der Waals surface area contributed by atoms with Gasteiger partial charge in [-0.3, -0.25) is 43.5 Å². The number of morpholine rings is 2. The lowest BCUT2D eigenvalue weighted by Crippen LogP contribution is -2.52. The van der Waals surface area contributed by atoms with Crippen molar-refractivity contribution in [2.24, 2.45) is 0 Å². The summed E-state index contributed by atoms with van der Waals surface area (Å²) in [7, 11) is 0. The summed E-state index contributed by atoms with van der Waals surface area (Å²) >= 11 is 0. The fraction of sp³-hybridized carbons (Fsp3) is 0.714. The lowest BCUT2D eigenvalue weighted by Gasteiger charge is -2.34. The number of carbonyl (C=O) groups excluding carboxylic acids is 6. The standard InChI is InChI=1S/C21H31N3O10/c1-3-31-16(25)6-5-15(21(30)32-4-2)24(9-7-22-11-17(26)33-18(27)12-22)10-8-23-13-19(28)34-20(29)14-23/h15H,3-14H2,1-2H3/t15-/m0/s1. The second-order valence-electron chi connectivity index (χ2n) is 7.76. The van der Waals surface area contributed by atoms with Crippen LogP contribution in [0.1, 0.15) is 26.7 Å². The fourth-order valence-corrected chi connectivity index (χ4v) is 3.68. The summed E-state index contributed by atoms with van der Waals surface area (Å²) < 4.78 is 19.2. The van der Waals surface area contributed by atoms with Gasteiger partial charge in [-0.15, -0.1) is 0 Å². The van der Waals surface area contributed by atoms with Crippen molar-refractivity contribution in [1.82, 2.24) is 14.7 Å². The number of cyclic esters (lactones) is 4. The van der Waals surface area contributed by atoms with Crippen LogP contribution in [-0.4, -0.2) is 122 Å². The van der Waals surface area contributed by atoms with Crippen LogP contribution < -0.4 is 0 Å². The van der Waals surface area contributed by atoms with Gasteiger partial charge in [0, 0.05) is 32.6 Å². The van der Waals surface area contributed by atoms with E-state index in [2.05, 4.69) is 9.47 Å². The molecule has 0 aromatic heterocycles. The molecular weight excluding hydrogens is 454 g/mol. The molecule has 0 aromatic rings. The van der Waals surface area contributed by atoms with E-state index in [0.717, 1.165) is 0 Å². The summed E-state index contributed by atoms with van der Waals surface area (Å²) in [5.74, 6) is -3.61. The molecule has 0 N–H and O–H groups in total. The van der Waals surface area contributed by atoms with Gasteiger partial charge in [0.1, 0.15) is 6.04 Å². The Hall–Kier alpha value is -2.90. The summed E-state index contributed by atoms with van der Waals surface area (Å²) in [6.45, 7) is 4.44. The number of hydrogen-bond donors (Lipinski definition) is 0. The van der Waals surface area contributed by atoms with Crippen LogP contribution in [0.2, 0.25) is 0 Å². The van der Waals surface area contributed by atoms with Gasteiger partial charge in [-0.2, -0.15) is 0 Å². The highest BCUT2D eigenvalue weighted by Crippen LogP contribution is 2.13. The minimum Gasteiger partial charge on any atom is -0.466 e. The smallest absolute Gasteiger partial charge is 0.327 e. The predicted octanol–water partition coefficient (Wildman–Crippen LogP) is -1.67. The summed E-state index contributed by atoms with van der Waals surface area (Å²) in [5.41, 5.74) is 0. The van der Waals surface area contributed by atoms with E-state index in [-0.39, 0.29) is 78.4 Å². The van der Waals surface area contributed by atoms with Crippen molar-refractivity contribution >= 4 is 35.8 Å². The highest BCUT2D eigenvalue weighted by molar-refractivity contribution is 5.90. The van der Waals surface area contributed by atoms with E-state index < -0.39 is 41.9 Å². The lowest BCUT2D eigenvalue weighted by molar-refractivity contribution is -0.168. The highest BCUT2D eigenvalue weighted by atomic mass is 16.6. The van der Waals surface area contributed by atoms with Crippen LogP contribution in [0.25, 0.3) is 0 Å². The predicted molar refractivity (Wildman–Crippen MR) is 113 cm³/mol. The molecule has 0 spiro atoms. The molecule has 2 rings (SSSR count). The molecule has 13 nitrogen and oxygen atoms in total. The van der Waals surface area contributed by atoms with Crippen molar-refractivity contribution in [3.05, 3.63) is 0 Å². The first kappa shape index (κ1) is 27.3. The van der Waals surface area contributed by atoms with Crippen LogP contribution >= 0.6 is 0 Å². The monoisotopic (exact) mass is 485 g/mol. The Bertz CT molecular complexity index is 713. The molecule has 1 atom stereocenters. The Balaban J connectivity index is 2.12. The zero-order chi connectivity index (χ0) is 25.1. The zero-order valence-electron chi connectivity index (χ0n) is 19.5. The third-order valence-corrected chi connectivity index (χ3v) is 5.20. The largest absolute Gasteiger partial charge is 0.466 e. The Morgan fingerprint density at radius 3 is 1.68 bits per heavy atom. The van der Waals surface area contributed by atoms with Crippen molar-refractivity contribution in [3.63, 3.8) is 0 Å². The van der Waals surface area contributed by atoms with E-state index in [1.807, 2.05) is 0 Å². The molecule has 0 aliphatic carbocycles. The Labute approximate surface area is 197 Å². The third kappa shape index (κ3) is 9.15. The molecule has 2 aliphatic heterocycles. The SMILES string of the molecule is CCOC(=O)CC[C@@H](C(=O)OCC)N(CCN1CC(=O)OC(=O)C1)CCN1CC(=O)OC(=O)C1. The highest BCUT2D eigenvalue weighted by Gasteiger charge is 2.32. The molecule has 0 amide bonds. The normalized spacial score (nSPS) is 18.4. The first-order chi connectivity index (χ1) is 16.2. The van der Waals surface area contributed by atoms with Crippen molar-refractivity contribution in [3.8, 4) is 0 Å². The van der Waals surface area contributed by atoms with Gasteiger partial charge in [-0.25, -0.2) is 0 Å². The van der Waals surface area contributed by atoms with E-state index in [0.29, 0.717) is 0 Å². The van der Waals surface area contributed by atoms with Gasteiger partial charge >= 0.3 is 35.8 Å². The maximum absolute atomic E-state index is 12.8. The maximum atomic E-state index is 12.8. The van der Waals surface area contributed by atoms with E-state index in [4.69, 9.17) is 9.47 Å². The van der Waals surface area contributed by atoms with Crippen LogP contribution in [0, 0.1) is 0 Å². The molecule has 2 heterocycles. The number of esters is 6. The van der Waals surface area contributed by atoms with Crippen molar-refractivity contribution in [2.75, 3.05) is 65.6 Å². The number of nitrogens with zero attached hydrogens (tertiary/aromatic N) is 3. The summed E-state index contributed by atoms with van der Waals surface area (Å²) in [6.07, 6.45) is 0.108. The Kier molecular flexibility index (Phi) is 11.0. The van der Waals surface area contributed by atoms with Crippen LogP contribution in [-0.2, 0) is 47.7 Å². The number of carbonyl (C=O) groups is 6. The molecule has 34 heavy (non-hydrogen) atoms. The summed E-state index contributed by atoms with van der Waals surface area (Å²) in [6, 6.07) is -0.816. The lowest BCUT2D eigenvalue weighted by atomic mass is 10.1. The van der Waals surface area contributed by atoms with Gasteiger partial charge < -0.3 is 18.9 Å². The van der Waals surface area contributed by atoms with Gasteiger partial charge in [0.2, 0.25) is 0 Å². The minimum absolute atomic E-state index is 0.0170. The zero-order valence-corrected chi connectivity index (χ0v) is 19.5. The van der Waals surface area contributed by atoms with Crippen LogP contribution in [0.4, 0.5) is 0 Å². The Morgan fingerprint density at radius 1 is 0.824 bits per heavy atom. The molecule has 0 aromatic carbocycles. The van der Waals surface area contributed by atoms with Crippen molar-refractivity contribution < 1.29 is 47.7 Å². The van der Waals surface area contributed by atoms with Gasteiger partial charge in [0.15, 0.2) is 0 Å². The topological polar surface area (TPSA) is 149 Å². The number of rotatable bonds is 13. The molecule has 0 bridgehead atoms. The number of ether oxygens (including phenoxy) is 4. The first-order valence-electron chi connectivity index (χ1n) is 11.2. The maximum Gasteiger partial charge on any atom is 0.327 e. The van der Waals surface area contributed by atoms with Gasteiger partial charge in [-0.1, -0.05) is 0 Å². The van der Waals surface area contributed by atoms with E-state index in [1.165, 1.54) is 0 Å². The molecule has 2 fully saturated rings. The van der Waals surface area contributed by atoms with Crippen LogP contribution in [0.5, 0.6) is 0 Å². The number of hydrogen-bond acceptors (Lipinski definition) is 13. The van der Waals surface area contributed by atoms with Gasteiger partial charge in [0.25, 0.3) is 0 Å². The Morgan fingerprint density at radius 2 is 1.26 bits per heavy atom. The van der Waals surface area contributed by atoms with Crippen molar-refractivity contribution in [2.45, 2.75) is 32.7 Å². The quantitative estimate of drug-likeness (QED) is 0.166. The van der Waals surface area contributed by atoms with Gasteiger partial charge in [0.05, 0.1) is 39.4 Å². The van der Waals surface area contributed by atoms with Crippen molar-refractivity contribution in [1.29, 1.82) is 0 Å².